The minimum Gasteiger partial charge on any atom is -0.481 e. The summed E-state index contributed by atoms with van der Waals surface area (Å²) in [5.74, 6) is -0.638. The molecule has 1 N–H and O–H groups in total. The fourth-order valence-electron chi connectivity index (χ4n) is 6.37. The summed E-state index contributed by atoms with van der Waals surface area (Å²) < 4.78 is 6.87. The summed E-state index contributed by atoms with van der Waals surface area (Å²) in [6.45, 7) is 14.4. The number of carbonyl (C=O) groups is 1. The molecule has 5 atom stereocenters. The van der Waals surface area contributed by atoms with E-state index in [0.717, 1.165) is 42.8 Å². The summed E-state index contributed by atoms with van der Waals surface area (Å²) in [4.78, 5) is 14.6. The van der Waals surface area contributed by atoms with Crippen molar-refractivity contribution in [2.45, 2.75) is 102 Å². The molecular weight excluding hydrogens is 533 g/mol. The van der Waals surface area contributed by atoms with Crippen molar-refractivity contribution in [2.75, 3.05) is 6.54 Å². The highest BCUT2D eigenvalue weighted by molar-refractivity contribution is 6.74. The van der Waals surface area contributed by atoms with Crippen LogP contribution in [-0.2, 0) is 9.22 Å². The van der Waals surface area contributed by atoms with Gasteiger partial charge in [-0.25, -0.2) is 0 Å². The van der Waals surface area contributed by atoms with E-state index in [4.69, 9.17) is 27.6 Å². The van der Waals surface area contributed by atoms with Crippen LogP contribution in [0.5, 0.6) is 0 Å². The molecule has 0 aromatic heterocycles. The molecule has 2 aromatic carbocycles. The van der Waals surface area contributed by atoms with E-state index in [1.54, 1.807) is 0 Å². The van der Waals surface area contributed by atoms with Gasteiger partial charge in [-0.05, 0) is 84.6 Å². The Labute approximate surface area is 239 Å². The lowest BCUT2D eigenvalue weighted by Gasteiger charge is -2.52. The van der Waals surface area contributed by atoms with Gasteiger partial charge in [0.2, 0.25) is 0 Å². The maximum atomic E-state index is 12.0. The summed E-state index contributed by atoms with van der Waals surface area (Å²) in [5.41, 5.74) is 2.01. The molecule has 0 amide bonds. The number of aliphatic carboxylic acids is 1. The van der Waals surface area contributed by atoms with Gasteiger partial charge < -0.3 is 9.53 Å². The molecule has 7 heteroatoms. The van der Waals surface area contributed by atoms with Gasteiger partial charge in [0.05, 0.1) is 6.42 Å². The van der Waals surface area contributed by atoms with Crippen molar-refractivity contribution in [1.29, 1.82) is 0 Å². The molecule has 4 nitrogen and oxygen atoms in total. The van der Waals surface area contributed by atoms with Crippen molar-refractivity contribution >= 4 is 37.5 Å². The Morgan fingerprint density at radius 2 is 1.76 bits per heavy atom. The zero-order valence-electron chi connectivity index (χ0n) is 23.6. The van der Waals surface area contributed by atoms with Crippen molar-refractivity contribution in [3.05, 3.63) is 69.7 Å². The normalized spacial score (nSPS) is 28.9. The number of nitrogens with zero attached hydrogens (tertiary/aromatic N) is 1. The summed E-state index contributed by atoms with van der Waals surface area (Å²) in [6, 6.07) is 16.7. The molecule has 1 aliphatic heterocycles. The third-order valence-corrected chi connectivity index (χ3v) is 14.2. The molecule has 0 spiro atoms. The maximum Gasteiger partial charge on any atom is 0.303 e. The first-order valence-electron chi connectivity index (χ1n) is 13.8. The molecule has 38 heavy (non-hydrogen) atoms. The monoisotopic (exact) mass is 575 g/mol. The van der Waals surface area contributed by atoms with Crippen molar-refractivity contribution in [3.8, 4) is 0 Å². The van der Waals surface area contributed by atoms with Gasteiger partial charge in [0.1, 0.15) is 0 Å². The summed E-state index contributed by atoms with van der Waals surface area (Å²) in [6.07, 6.45) is 4.23. The number of likely N-dealkylation sites (tertiary alicyclic amines) is 1. The molecule has 2 aliphatic rings. The zero-order chi connectivity index (χ0) is 27.9. The van der Waals surface area contributed by atoms with E-state index in [2.05, 4.69) is 70.0 Å². The molecule has 2 unspecified atom stereocenters. The Kier molecular flexibility index (Phi) is 8.76. The standard InChI is InChI=1S/C31H43Cl2NO3Si/c1-30(2,3)38(5,6)37-26-15-14-25(17-26)34-20-31(4,19-28(35)36)18-27(22-8-7-9-24(33)16-22)29(34)21-10-12-23(32)13-11-21/h7-13,16,25-27,29H,14-15,17-20H2,1-6H3,(H,35,36)/t25-,26+,27?,29+,31?/m0/s1. The topological polar surface area (TPSA) is 49.8 Å². The van der Waals surface area contributed by atoms with E-state index < -0.39 is 14.3 Å². The molecule has 1 aliphatic carbocycles. The predicted molar refractivity (Wildman–Crippen MR) is 160 cm³/mol. The third-order valence-electron chi connectivity index (χ3n) is 9.18. The van der Waals surface area contributed by atoms with Gasteiger partial charge in [-0.15, -0.1) is 0 Å². The Bertz CT molecular complexity index is 1130. The summed E-state index contributed by atoms with van der Waals surface area (Å²) in [7, 11) is -1.88. The van der Waals surface area contributed by atoms with Crippen LogP contribution in [0.2, 0.25) is 28.2 Å². The Balaban J connectivity index is 1.73. The number of piperidine rings is 1. The Morgan fingerprint density at radius 3 is 2.37 bits per heavy atom. The average molecular weight is 577 g/mol. The van der Waals surface area contributed by atoms with Crippen LogP contribution < -0.4 is 0 Å². The van der Waals surface area contributed by atoms with Crippen LogP contribution in [0, 0.1) is 5.41 Å². The molecule has 208 valence electrons. The van der Waals surface area contributed by atoms with Crippen LogP contribution in [-0.4, -0.2) is 43.0 Å². The van der Waals surface area contributed by atoms with E-state index in [9.17, 15) is 9.90 Å². The van der Waals surface area contributed by atoms with Gasteiger partial charge in [0.15, 0.2) is 8.32 Å². The molecule has 2 aromatic rings. The average Bonchev–Trinajstić information content (AvgIpc) is 3.25. The van der Waals surface area contributed by atoms with Gasteiger partial charge in [-0.1, -0.05) is 75.2 Å². The number of benzene rings is 2. The first kappa shape index (κ1) is 29.6. The van der Waals surface area contributed by atoms with Gasteiger partial charge in [0.25, 0.3) is 0 Å². The number of hydrogen-bond acceptors (Lipinski definition) is 3. The highest BCUT2D eigenvalue weighted by atomic mass is 35.5. The van der Waals surface area contributed by atoms with Crippen LogP contribution in [0.1, 0.15) is 82.9 Å². The number of carboxylic acid groups (broad SMARTS) is 1. The van der Waals surface area contributed by atoms with Crippen LogP contribution in [0.3, 0.4) is 0 Å². The zero-order valence-corrected chi connectivity index (χ0v) is 26.1. The minimum absolute atomic E-state index is 0.101. The summed E-state index contributed by atoms with van der Waals surface area (Å²) in [5, 5.41) is 11.5. The van der Waals surface area contributed by atoms with E-state index in [1.165, 1.54) is 5.56 Å². The molecule has 1 saturated heterocycles. The van der Waals surface area contributed by atoms with E-state index in [1.807, 2.05) is 24.3 Å². The SMILES string of the molecule is CC1(CC(=O)O)CC(c2cccc(Cl)c2)[C@@H](c2ccc(Cl)cc2)N([C@H]2CC[C@@H](O[Si](C)(C)C(C)(C)C)C2)C1. The first-order valence-corrected chi connectivity index (χ1v) is 17.5. The van der Waals surface area contributed by atoms with Crippen LogP contribution in [0.4, 0.5) is 0 Å². The van der Waals surface area contributed by atoms with Crippen molar-refractivity contribution in [3.63, 3.8) is 0 Å². The van der Waals surface area contributed by atoms with Crippen LogP contribution >= 0.6 is 23.2 Å². The van der Waals surface area contributed by atoms with Crippen molar-refractivity contribution < 1.29 is 14.3 Å². The fourth-order valence-corrected chi connectivity index (χ4v) is 8.09. The van der Waals surface area contributed by atoms with Gasteiger partial charge >= 0.3 is 5.97 Å². The van der Waals surface area contributed by atoms with Gasteiger partial charge in [-0.2, -0.15) is 0 Å². The second-order valence-corrected chi connectivity index (χ2v) is 19.0. The second kappa shape index (κ2) is 11.2. The molecule has 1 heterocycles. The predicted octanol–water partition coefficient (Wildman–Crippen LogP) is 8.95. The van der Waals surface area contributed by atoms with E-state index in [-0.39, 0.29) is 34.9 Å². The van der Waals surface area contributed by atoms with Crippen LogP contribution in [0.15, 0.2) is 48.5 Å². The summed E-state index contributed by atoms with van der Waals surface area (Å²) >= 11 is 12.8. The highest BCUT2D eigenvalue weighted by Gasteiger charge is 2.49. The molecular formula is C31H43Cl2NO3Si. The third kappa shape index (κ3) is 6.67. The second-order valence-electron chi connectivity index (χ2n) is 13.4. The van der Waals surface area contributed by atoms with Crippen molar-refractivity contribution in [1.82, 2.24) is 4.90 Å². The van der Waals surface area contributed by atoms with Crippen molar-refractivity contribution in [2.24, 2.45) is 5.41 Å². The Morgan fingerprint density at radius 1 is 1.08 bits per heavy atom. The maximum absolute atomic E-state index is 12.0. The number of hydrogen-bond donors (Lipinski definition) is 1. The molecule has 1 saturated carbocycles. The lowest BCUT2D eigenvalue weighted by molar-refractivity contribution is -0.141. The highest BCUT2D eigenvalue weighted by Crippen LogP contribution is 2.53. The number of halogens is 2. The quantitative estimate of drug-likeness (QED) is 0.334. The Hall–Kier alpha value is -1.37. The van der Waals surface area contributed by atoms with E-state index >= 15 is 0 Å². The van der Waals surface area contributed by atoms with Gasteiger partial charge in [0, 0.05) is 40.7 Å². The van der Waals surface area contributed by atoms with Crippen LogP contribution in [0.25, 0.3) is 0 Å². The molecule has 0 bridgehead atoms. The number of rotatable bonds is 7. The molecule has 0 radical (unpaired) electrons. The smallest absolute Gasteiger partial charge is 0.303 e. The minimum atomic E-state index is -1.88. The molecule has 4 rings (SSSR count). The molecule has 2 fully saturated rings. The largest absolute Gasteiger partial charge is 0.481 e. The number of carboxylic acids is 1. The van der Waals surface area contributed by atoms with Gasteiger partial charge in [-0.3, -0.25) is 9.69 Å². The van der Waals surface area contributed by atoms with E-state index in [0.29, 0.717) is 11.1 Å². The fraction of sp³-hybridized carbons (Fsp3) is 0.581. The lowest BCUT2D eigenvalue weighted by Crippen LogP contribution is -2.51. The lowest BCUT2D eigenvalue weighted by atomic mass is 9.67. The first-order chi connectivity index (χ1) is 17.7.